The molecule has 0 saturated carbocycles. The van der Waals surface area contributed by atoms with Crippen LogP contribution in [0.15, 0.2) is 36.4 Å². The Kier molecular flexibility index (Phi) is 5.87. The first kappa shape index (κ1) is 19.7. The number of carbonyl (C=O) groups is 2. The number of benzene rings is 2. The molecule has 1 heterocycles. The number of aryl methyl sites for hydroxylation is 2. The summed E-state index contributed by atoms with van der Waals surface area (Å²) < 4.78 is 10.6. The highest BCUT2D eigenvalue weighted by Crippen LogP contribution is 2.29. The molecule has 0 aliphatic carbocycles. The standard InChI is InChI=1S/C22H26N2O4/c1-14-6-5-7-15(2)21(14)23-22(26)17-11-20(25)24(13-17)12-16-8-9-18(27-3)19(10-16)28-4/h5-10,17H,11-13H2,1-4H3,(H,23,26). The Labute approximate surface area is 165 Å². The molecule has 1 saturated heterocycles. The molecule has 148 valence electrons. The average molecular weight is 382 g/mol. The van der Waals surface area contributed by atoms with E-state index in [1.54, 1.807) is 19.1 Å². The van der Waals surface area contributed by atoms with E-state index < -0.39 is 0 Å². The molecule has 0 radical (unpaired) electrons. The lowest BCUT2D eigenvalue weighted by atomic mass is 10.1. The molecule has 3 rings (SSSR count). The van der Waals surface area contributed by atoms with Crippen molar-refractivity contribution < 1.29 is 19.1 Å². The Bertz CT molecular complexity index is 874. The van der Waals surface area contributed by atoms with Crippen LogP contribution in [0.2, 0.25) is 0 Å². The molecule has 1 unspecified atom stereocenters. The fraction of sp³-hybridized carbons (Fsp3) is 0.364. The molecule has 2 amide bonds. The van der Waals surface area contributed by atoms with E-state index in [0.29, 0.717) is 24.6 Å². The Morgan fingerprint density at radius 1 is 1.11 bits per heavy atom. The molecular formula is C22H26N2O4. The van der Waals surface area contributed by atoms with E-state index in [1.807, 2.05) is 50.2 Å². The molecule has 1 atom stereocenters. The van der Waals surface area contributed by atoms with Crippen LogP contribution in [0.4, 0.5) is 5.69 Å². The smallest absolute Gasteiger partial charge is 0.229 e. The van der Waals surface area contributed by atoms with Crippen molar-refractivity contribution in [3.63, 3.8) is 0 Å². The number of nitrogens with zero attached hydrogens (tertiary/aromatic N) is 1. The largest absolute Gasteiger partial charge is 0.493 e. The van der Waals surface area contributed by atoms with Crippen LogP contribution < -0.4 is 14.8 Å². The molecule has 6 nitrogen and oxygen atoms in total. The summed E-state index contributed by atoms with van der Waals surface area (Å²) in [5.41, 5.74) is 3.79. The quantitative estimate of drug-likeness (QED) is 0.832. The van der Waals surface area contributed by atoms with E-state index in [-0.39, 0.29) is 24.2 Å². The molecule has 2 aromatic carbocycles. The zero-order valence-electron chi connectivity index (χ0n) is 16.7. The minimum Gasteiger partial charge on any atom is -0.493 e. The number of anilines is 1. The lowest BCUT2D eigenvalue weighted by Gasteiger charge is -2.18. The van der Waals surface area contributed by atoms with Crippen LogP contribution in [0, 0.1) is 19.8 Å². The Morgan fingerprint density at radius 3 is 2.43 bits per heavy atom. The van der Waals surface area contributed by atoms with Crippen LogP contribution in [-0.4, -0.2) is 37.5 Å². The number of carbonyl (C=O) groups excluding carboxylic acids is 2. The molecule has 28 heavy (non-hydrogen) atoms. The predicted molar refractivity (Wildman–Crippen MR) is 108 cm³/mol. The number of hydrogen-bond acceptors (Lipinski definition) is 4. The third kappa shape index (κ3) is 4.11. The number of nitrogens with one attached hydrogen (secondary N) is 1. The summed E-state index contributed by atoms with van der Waals surface area (Å²) in [6.07, 6.45) is 0.226. The minimum absolute atomic E-state index is 0.0172. The van der Waals surface area contributed by atoms with Gasteiger partial charge in [-0.25, -0.2) is 0 Å². The Hall–Kier alpha value is -3.02. The van der Waals surface area contributed by atoms with Crippen molar-refractivity contribution in [3.05, 3.63) is 53.1 Å². The third-order valence-electron chi connectivity index (χ3n) is 5.14. The SMILES string of the molecule is COc1ccc(CN2CC(C(=O)Nc3c(C)cccc3C)CC2=O)cc1OC. The first-order valence-corrected chi connectivity index (χ1v) is 9.28. The molecule has 1 aliphatic heterocycles. The maximum Gasteiger partial charge on any atom is 0.229 e. The van der Waals surface area contributed by atoms with Gasteiger partial charge in [0, 0.05) is 25.2 Å². The van der Waals surface area contributed by atoms with Gasteiger partial charge >= 0.3 is 0 Å². The van der Waals surface area contributed by atoms with Gasteiger partial charge in [-0.2, -0.15) is 0 Å². The number of hydrogen-bond donors (Lipinski definition) is 1. The second-order valence-electron chi connectivity index (χ2n) is 7.12. The summed E-state index contributed by atoms with van der Waals surface area (Å²) in [4.78, 5) is 26.9. The predicted octanol–water partition coefficient (Wildman–Crippen LogP) is 3.31. The van der Waals surface area contributed by atoms with Gasteiger partial charge in [-0.3, -0.25) is 9.59 Å². The lowest BCUT2D eigenvalue weighted by Crippen LogP contribution is -2.28. The first-order valence-electron chi connectivity index (χ1n) is 9.28. The van der Waals surface area contributed by atoms with Crippen LogP contribution in [0.5, 0.6) is 11.5 Å². The molecule has 0 spiro atoms. The van der Waals surface area contributed by atoms with Crippen molar-refractivity contribution in [1.82, 2.24) is 4.90 Å². The normalized spacial score (nSPS) is 16.2. The van der Waals surface area contributed by atoms with Gasteiger partial charge in [0.1, 0.15) is 0 Å². The van der Waals surface area contributed by atoms with Gasteiger partial charge in [0.05, 0.1) is 20.1 Å². The highest BCUT2D eigenvalue weighted by atomic mass is 16.5. The van der Waals surface area contributed by atoms with Gasteiger partial charge in [0.25, 0.3) is 0 Å². The van der Waals surface area contributed by atoms with Gasteiger partial charge in [-0.05, 0) is 42.7 Å². The zero-order valence-corrected chi connectivity index (χ0v) is 16.7. The molecular weight excluding hydrogens is 356 g/mol. The lowest BCUT2D eigenvalue weighted by molar-refractivity contribution is -0.128. The fourth-order valence-electron chi connectivity index (χ4n) is 3.54. The van der Waals surface area contributed by atoms with Crippen molar-refractivity contribution in [2.45, 2.75) is 26.8 Å². The van der Waals surface area contributed by atoms with E-state index >= 15 is 0 Å². The number of methoxy groups -OCH3 is 2. The summed E-state index contributed by atoms with van der Waals surface area (Å²) in [7, 11) is 3.16. The highest BCUT2D eigenvalue weighted by Gasteiger charge is 2.34. The third-order valence-corrected chi connectivity index (χ3v) is 5.14. The Morgan fingerprint density at radius 2 is 1.79 bits per heavy atom. The second-order valence-corrected chi connectivity index (χ2v) is 7.12. The molecule has 1 fully saturated rings. The van der Waals surface area contributed by atoms with Gasteiger partial charge in [0.15, 0.2) is 11.5 Å². The van der Waals surface area contributed by atoms with E-state index in [0.717, 1.165) is 22.4 Å². The molecule has 0 bridgehead atoms. The van der Waals surface area contributed by atoms with Crippen LogP contribution >= 0.6 is 0 Å². The van der Waals surface area contributed by atoms with Crippen molar-refractivity contribution in [3.8, 4) is 11.5 Å². The van der Waals surface area contributed by atoms with Crippen LogP contribution in [0.25, 0.3) is 0 Å². The van der Waals surface area contributed by atoms with Crippen LogP contribution in [-0.2, 0) is 16.1 Å². The van der Waals surface area contributed by atoms with Gasteiger partial charge in [-0.15, -0.1) is 0 Å². The van der Waals surface area contributed by atoms with Crippen LogP contribution in [0.3, 0.4) is 0 Å². The molecule has 1 N–H and O–H groups in total. The Balaban J connectivity index is 1.67. The second kappa shape index (κ2) is 8.33. The monoisotopic (exact) mass is 382 g/mol. The van der Waals surface area contributed by atoms with Crippen molar-refractivity contribution in [1.29, 1.82) is 0 Å². The summed E-state index contributed by atoms with van der Waals surface area (Å²) >= 11 is 0. The van der Waals surface area contributed by atoms with Gasteiger partial charge < -0.3 is 19.7 Å². The van der Waals surface area contributed by atoms with Crippen molar-refractivity contribution >= 4 is 17.5 Å². The number of likely N-dealkylation sites (tertiary alicyclic amines) is 1. The summed E-state index contributed by atoms with van der Waals surface area (Å²) in [5.74, 6) is 0.782. The maximum atomic E-state index is 12.7. The van der Waals surface area contributed by atoms with E-state index in [1.165, 1.54) is 0 Å². The molecule has 2 aromatic rings. The summed E-state index contributed by atoms with van der Waals surface area (Å²) in [6.45, 7) is 4.77. The van der Waals surface area contributed by atoms with Gasteiger partial charge in [0.2, 0.25) is 11.8 Å². The first-order chi connectivity index (χ1) is 13.4. The molecule has 0 aromatic heterocycles. The minimum atomic E-state index is -0.355. The number of rotatable bonds is 6. The topological polar surface area (TPSA) is 67.9 Å². The fourth-order valence-corrected chi connectivity index (χ4v) is 3.54. The maximum absolute atomic E-state index is 12.7. The van der Waals surface area contributed by atoms with Crippen molar-refractivity contribution in [2.75, 3.05) is 26.1 Å². The van der Waals surface area contributed by atoms with Crippen LogP contribution in [0.1, 0.15) is 23.1 Å². The van der Waals surface area contributed by atoms with Crippen molar-refractivity contribution in [2.24, 2.45) is 5.92 Å². The highest BCUT2D eigenvalue weighted by molar-refractivity contribution is 5.98. The van der Waals surface area contributed by atoms with E-state index in [9.17, 15) is 9.59 Å². The summed E-state index contributed by atoms with van der Waals surface area (Å²) in [5, 5.41) is 3.00. The zero-order chi connectivity index (χ0) is 20.3. The average Bonchev–Trinajstić information content (AvgIpc) is 3.05. The number of amides is 2. The van der Waals surface area contributed by atoms with Gasteiger partial charge in [-0.1, -0.05) is 24.3 Å². The number of para-hydroxylation sites is 1. The summed E-state index contributed by atoms with van der Waals surface area (Å²) in [6, 6.07) is 11.5. The van der Waals surface area contributed by atoms with E-state index in [4.69, 9.17) is 9.47 Å². The number of ether oxygens (including phenoxy) is 2. The molecule has 1 aliphatic rings. The van der Waals surface area contributed by atoms with E-state index in [2.05, 4.69) is 5.32 Å². The molecule has 6 heteroatoms.